The molecule has 36 heavy (non-hydrogen) atoms. The van der Waals surface area contributed by atoms with Crippen LogP contribution in [0.5, 0.6) is 5.75 Å². The van der Waals surface area contributed by atoms with Gasteiger partial charge in [0, 0.05) is 26.9 Å². The molecule has 2 N–H and O–H groups in total. The van der Waals surface area contributed by atoms with E-state index in [0.717, 1.165) is 5.56 Å². The summed E-state index contributed by atoms with van der Waals surface area (Å²) in [6.07, 6.45) is 0. The maximum Gasteiger partial charge on any atom is 0.262 e. The molecule has 182 valence electrons. The molecule has 0 aliphatic rings. The van der Waals surface area contributed by atoms with Crippen molar-refractivity contribution in [2.24, 2.45) is 0 Å². The topological polar surface area (TPSA) is 99.4 Å². The van der Waals surface area contributed by atoms with Gasteiger partial charge < -0.3 is 15.2 Å². The van der Waals surface area contributed by atoms with E-state index in [1.807, 2.05) is 13.0 Å². The Bertz CT molecular complexity index is 1440. The van der Waals surface area contributed by atoms with E-state index in [9.17, 15) is 20.0 Å². The van der Waals surface area contributed by atoms with Crippen molar-refractivity contribution in [2.75, 3.05) is 11.9 Å². The monoisotopic (exact) mass is 520 g/mol. The van der Waals surface area contributed by atoms with Crippen LogP contribution in [0.25, 0.3) is 0 Å². The Morgan fingerprint density at radius 2 is 1.78 bits per heavy atom. The molecular formula is C28H22Cl2N2O4. The first kappa shape index (κ1) is 26.8. The number of rotatable bonds is 6. The molecule has 0 fully saturated rings. The molecule has 6 nitrogen and oxygen atoms in total. The number of halogens is 2. The number of amides is 1. The fraction of sp³-hybridized carbons (Fsp3) is 0.179. The standard InChI is InChI=1S/C28H22Cl2N2O4/c1-17-10-18(8-9-28(2,3)35)4-6-24(17)32-26(33)16-36-25-7-5-21(29)14-23(25)27(34)20-11-19(15-31)12-22(30)13-20/h4-7,10-14,35H,16H2,1-3H3,(H,32,33). The Labute approximate surface area is 219 Å². The molecule has 1 amide bonds. The summed E-state index contributed by atoms with van der Waals surface area (Å²) >= 11 is 12.1. The van der Waals surface area contributed by atoms with E-state index in [1.54, 1.807) is 38.1 Å². The number of nitrogens with zero attached hydrogens (tertiary/aromatic N) is 1. The molecule has 0 atom stereocenters. The Morgan fingerprint density at radius 3 is 2.44 bits per heavy atom. The Morgan fingerprint density at radius 1 is 1.03 bits per heavy atom. The number of ether oxygens (including phenoxy) is 1. The molecule has 8 heteroatoms. The third kappa shape index (κ3) is 7.34. The van der Waals surface area contributed by atoms with Crippen molar-refractivity contribution >= 4 is 40.6 Å². The van der Waals surface area contributed by atoms with Crippen molar-refractivity contribution in [3.8, 4) is 23.7 Å². The lowest BCUT2D eigenvalue weighted by molar-refractivity contribution is -0.118. The van der Waals surface area contributed by atoms with Gasteiger partial charge >= 0.3 is 0 Å². The molecule has 0 unspecified atom stereocenters. The number of aliphatic hydroxyl groups is 1. The fourth-order valence-corrected chi connectivity index (χ4v) is 3.59. The van der Waals surface area contributed by atoms with Gasteiger partial charge in [0.15, 0.2) is 12.4 Å². The lowest BCUT2D eigenvalue weighted by Crippen LogP contribution is -2.21. The zero-order valence-corrected chi connectivity index (χ0v) is 21.3. The maximum absolute atomic E-state index is 13.1. The number of carbonyl (C=O) groups excluding carboxylic acids is 2. The summed E-state index contributed by atoms with van der Waals surface area (Å²) in [7, 11) is 0. The third-order valence-corrected chi connectivity index (χ3v) is 5.30. The normalized spacial score (nSPS) is 10.6. The number of ketones is 1. The second-order valence-electron chi connectivity index (χ2n) is 8.49. The molecule has 0 heterocycles. The van der Waals surface area contributed by atoms with Crippen LogP contribution in [0.2, 0.25) is 10.0 Å². The van der Waals surface area contributed by atoms with Gasteiger partial charge in [-0.3, -0.25) is 9.59 Å². The first-order valence-electron chi connectivity index (χ1n) is 10.8. The summed E-state index contributed by atoms with van der Waals surface area (Å²) in [5, 5.41) is 22.2. The van der Waals surface area contributed by atoms with Crippen molar-refractivity contribution in [3.63, 3.8) is 0 Å². The molecule has 3 rings (SSSR count). The van der Waals surface area contributed by atoms with Crippen molar-refractivity contribution in [1.82, 2.24) is 0 Å². The van der Waals surface area contributed by atoms with Crippen LogP contribution in [0.1, 0.15) is 46.5 Å². The number of anilines is 1. The molecule has 3 aromatic rings. The molecule has 0 aliphatic carbocycles. The second kappa shape index (κ2) is 11.3. The number of hydrogen-bond donors (Lipinski definition) is 2. The fourth-order valence-electron chi connectivity index (χ4n) is 3.18. The minimum absolute atomic E-state index is 0.132. The first-order valence-corrected chi connectivity index (χ1v) is 11.5. The predicted molar refractivity (Wildman–Crippen MR) is 140 cm³/mol. The van der Waals surface area contributed by atoms with Crippen molar-refractivity contribution in [1.29, 1.82) is 5.26 Å². The summed E-state index contributed by atoms with van der Waals surface area (Å²) in [5.74, 6) is 4.91. The average Bonchev–Trinajstić information content (AvgIpc) is 2.82. The molecule has 0 saturated heterocycles. The van der Waals surface area contributed by atoms with Gasteiger partial charge in [-0.15, -0.1) is 0 Å². The minimum Gasteiger partial charge on any atom is -0.483 e. The van der Waals surface area contributed by atoms with E-state index in [1.165, 1.54) is 30.3 Å². The average molecular weight is 521 g/mol. The summed E-state index contributed by atoms with van der Waals surface area (Å²) < 4.78 is 5.66. The van der Waals surface area contributed by atoms with Crippen LogP contribution in [0.15, 0.2) is 54.6 Å². The van der Waals surface area contributed by atoms with Crippen LogP contribution < -0.4 is 10.1 Å². The van der Waals surface area contributed by atoms with Crippen LogP contribution in [-0.4, -0.2) is 29.0 Å². The number of nitrogens with one attached hydrogen (secondary N) is 1. The number of benzene rings is 3. The molecule has 0 bridgehead atoms. The number of carbonyl (C=O) groups is 2. The lowest BCUT2D eigenvalue weighted by Gasteiger charge is -2.13. The zero-order valence-electron chi connectivity index (χ0n) is 19.8. The molecule has 0 saturated carbocycles. The summed E-state index contributed by atoms with van der Waals surface area (Å²) in [6, 6.07) is 16.0. The third-order valence-electron chi connectivity index (χ3n) is 4.85. The molecule has 3 aromatic carbocycles. The largest absolute Gasteiger partial charge is 0.483 e. The van der Waals surface area contributed by atoms with Gasteiger partial charge in [0.05, 0.1) is 17.2 Å². The van der Waals surface area contributed by atoms with Crippen molar-refractivity contribution in [3.05, 3.63) is 92.5 Å². The number of hydrogen-bond acceptors (Lipinski definition) is 5. The van der Waals surface area contributed by atoms with Crippen LogP contribution in [0.4, 0.5) is 5.69 Å². The van der Waals surface area contributed by atoms with Crippen LogP contribution >= 0.6 is 23.2 Å². The van der Waals surface area contributed by atoms with Crippen molar-refractivity contribution < 1.29 is 19.4 Å². The van der Waals surface area contributed by atoms with Gasteiger partial charge in [0.1, 0.15) is 11.4 Å². The first-order chi connectivity index (χ1) is 16.9. The molecule has 0 radical (unpaired) electrons. The maximum atomic E-state index is 13.1. The summed E-state index contributed by atoms with van der Waals surface area (Å²) in [5.41, 5.74) is 1.52. The molecule has 0 aliphatic heterocycles. The van der Waals surface area contributed by atoms with Crippen LogP contribution in [0, 0.1) is 30.1 Å². The van der Waals surface area contributed by atoms with E-state index < -0.39 is 17.3 Å². The van der Waals surface area contributed by atoms with E-state index in [0.29, 0.717) is 16.3 Å². The molecule has 0 spiro atoms. The van der Waals surface area contributed by atoms with Gasteiger partial charge in [0.2, 0.25) is 0 Å². The van der Waals surface area contributed by atoms with Crippen LogP contribution in [0.3, 0.4) is 0 Å². The minimum atomic E-state index is -1.11. The van der Waals surface area contributed by atoms with E-state index >= 15 is 0 Å². The molecule has 0 aromatic heterocycles. The van der Waals surface area contributed by atoms with E-state index in [2.05, 4.69) is 17.2 Å². The highest BCUT2D eigenvalue weighted by atomic mass is 35.5. The van der Waals surface area contributed by atoms with Gasteiger partial charge in [-0.1, -0.05) is 35.0 Å². The predicted octanol–water partition coefficient (Wildman–Crippen LogP) is 5.54. The Kier molecular flexibility index (Phi) is 8.40. The Hall–Kier alpha value is -3.81. The molecular weight excluding hydrogens is 499 g/mol. The SMILES string of the molecule is Cc1cc(C#CC(C)(C)O)ccc1NC(=O)COc1ccc(Cl)cc1C(=O)c1cc(Cl)cc(C#N)c1. The van der Waals surface area contributed by atoms with Gasteiger partial charge in [-0.2, -0.15) is 5.26 Å². The number of aryl methyl sites for hydroxylation is 1. The van der Waals surface area contributed by atoms with Crippen LogP contribution in [-0.2, 0) is 4.79 Å². The van der Waals surface area contributed by atoms with Gasteiger partial charge in [0.25, 0.3) is 5.91 Å². The zero-order chi connectivity index (χ0) is 26.5. The highest BCUT2D eigenvalue weighted by Crippen LogP contribution is 2.27. The van der Waals surface area contributed by atoms with E-state index in [-0.39, 0.29) is 34.1 Å². The lowest BCUT2D eigenvalue weighted by atomic mass is 10.0. The highest BCUT2D eigenvalue weighted by Gasteiger charge is 2.18. The summed E-state index contributed by atoms with van der Waals surface area (Å²) in [6.45, 7) is 4.65. The smallest absolute Gasteiger partial charge is 0.262 e. The quantitative estimate of drug-likeness (QED) is 0.328. The van der Waals surface area contributed by atoms with Crippen molar-refractivity contribution in [2.45, 2.75) is 26.4 Å². The summed E-state index contributed by atoms with van der Waals surface area (Å²) in [4.78, 5) is 25.7. The number of nitriles is 1. The van der Waals surface area contributed by atoms with Gasteiger partial charge in [-0.05, 0) is 80.9 Å². The second-order valence-corrected chi connectivity index (χ2v) is 9.36. The van der Waals surface area contributed by atoms with E-state index in [4.69, 9.17) is 27.9 Å². The highest BCUT2D eigenvalue weighted by molar-refractivity contribution is 6.32. The van der Waals surface area contributed by atoms with Gasteiger partial charge in [-0.25, -0.2) is 0 Å². The Balaban J connectivity index is 1.74.